The number of ether oxygens (including phenoxy) is 2. The van der Waals surface area contributed by atoms with Crippen LogP contribution in [-0.4, -0.2) is 24.5 Å². The molecule has 0 radical (unpaired) electrons. The molecule has 0 aromatic heterocycles. The second-order valence-electron chi connectivity index (χ2n) is 5.37. The van der Waals surface area contributed by atoms with Gasteiger partial charge in [-0.15, -0.1) is 0 Å². The summed E-state index contributed by atoms with van der Waals surface area (Å²) in [5.74, 6) is -0.0386. The number of nitrogens with zero attached hydrogens (tertiary/aromatic N) is 1. The minimum Gasteiger partial charge on any atom is -0.496 e. The van der Waals surface area contributed by atoms with Crippen molar-refractivity contribution in [2.45, 2.75) is 19.8 Å². The first-order chi connectivity index (χ1) is 12.0. The maximum absolute atomic E-state index is 12.0. The van der Waals surface area contributed by atoms with E-state index in [9.17, 15) is 14.9 Å². The van der Waals surface area contributed by atoms with Gasteiger partial charge in [0.25, 0.3) is 5.91 Å². The Balaban J connectivity index is 1.96. The molecular formula is C18H20N2O5. The molecule has 0 atom stereocenters. The molecule has 0 heterocycles. The summed E-state index contributed by atoms with van der Waals surface area (Å²) in [4.78, 5) is 22.5. The van der Waals surface area contributed by atoms with Gasteiger partial charge in [-0.3, -0.25) is 14.9 Å². The molecule has 25 heavy (non-hydrogen) atoms. The monoisotopic (exact) mass is 344 g/mol. The Morgan fingerprint density at radius 1 is 1.20 bits per heavy atom. The van der Waals surface area contributed by atoms with Crippen LogP contribution in [0, 0.1) is 10.1 Å². The number of anilines is 1. The Morgan fingerprint density at radius 2 is 1.92 bits per heavy atom. The van der Waals surface area contributed by atoms with Crippen molar-refractivity contribution in [1.29, 1.82) is 0 Å². The minimum absolute atomic E-state index is 0.0132. The molecule has 0 aliphatic heterocycles. The van der Waals surface area contributed by atoms with E-state index in [1.54, 1.807) is 0 Å². The van der Waals surface area contributed by atoms with Gasteiger partial charge in [-0.25, -0.2) is 0 Å². The molecule has 2 aromatic rings. The van der Waals surface area contributed by atoms with E-state index in [0.29, 0.717) is 11.4 Å². The predicted molar refractivity (Wildman–Crippen MR) is 94.2 cm³/mol. The summed E-state index contributed by atoms with van der Waals surface area (Å²) in [6.45, 7) is 1.77. The second kappa shape index (κ2) is 8.68. The van der Waals surface area contributed by atoms with Crippen LogP contribution < -0.4 is 14.8 Å². The molecule has 7 nitrogen and oxygen atoms in total. The SMILES string of the molecule is CCCc1ccc(NC(=O)COc2ccc(OC)cc2[N+](=O)[O-])cc1. The van der Waals surface area contributed by atoms with E-state index in [1.807, 2.05) is 24.3 Å². The van der Waals surface area contributed by atoms with Gasteiger partial charge in [0.05, 0.1) is 18.1 Å². The van der Waals surface area contributed by atoms with Crippen molar-refractivity contribution < 1.29 is 19.2 Å². The zero-order valence-corrected chi connectivity index (χ0v) is 14.2. The molecule has 0 bridgehead atoms. The third kappa shape index (κ3) is 5.20. The quantitative estimate of drug-likeness (QED) is 0.584. The van der Waals surface area contributed by atoms with Crippen LogP contribution in [0.4, 0.5) is 11.4 Å². The summed E-state index contributed by atoms with van der Waals surface area (Å²) in [6, 6.07) is 11.7. The Labute approximate surface area is 145 Å². The van der Waals surface area contributed by atoms with Gasteiger partial charge in [-0.05, 0) is 36.2 Å². The van der Waals surface area contributed by atoms with E-state index < -0.39 is 10.8 Å². The number of rotatable bonds is 8. The highest BCUT2D eigenvalue weighted by Crippen LogP contribution is 2.30. The van der Waals surface area contributed by atoms with Gasteiger partial charge < -0.3 is 14.8 Å². The smallest absolute Gasteiger partial charge is 0.314 e. The van der Waals surface area contributed by atoms with Crippen LogP contribution in [0.2, 0.25) is 0 Å². The van der Waals surface area contributed by atoms with E-state index in [4.69, 9.17) is 9.47 Å². The number of carbonyl (C=O) groups excluding carboxylic acids is 1. The minimum atomic E-state index is -0.581. The Morgan fingerprint density at radius 3 is 2.52 bits per heavy atom. The van der Waals surface area contributed by atoms with Crippen molar-refractivity contribution in [3.8, 4) is 11.5 Å². The standard InChI is InChI=1S/C18H20N2O5/c1-3-4-13-5-7-14(8-6-13)19-18(21)12-25-17-10-9-15(24-2)11-16(17)20(22)23/h5-11H,3-4,12H2,1-2H3,(H,19,21). The van der Waals surface area contributed by atoms with E-state index >= 15 is 0 Å². The molecule has 0 saturated heterocycles. The van der Waals surface area contributed by atoms with Gasteiger partial charge in [0.2, 0.25) is 0 Å². The molecule has 0 fully saturated rings. The molecule has 0 aliphatic carbocycles. The molecule has 1 amide bonds. The molecule has 2 aromatic carbocycles. The normalized spacial score (nSPS) is 10.2. The van der Waals surface area contributed by atoms with Crippen LogP contribution in [0.15, 0.2) is 42.5 Å². The van der Waals surface area contributed by atoms with Crippen LogP contribution in [-0.2, 0) is 11.2 Å². The molecule has 0 spiro atoms. The van der Waals surface area contributed by atoms with Crippen molar-refractivity contribution in [1.82, 2.24) is 0 Å². The lowest BCUT2D eigenvalue weighted by Gasteiger charge is -2.09. The first kappa shape index (κ1) is 18.3. The number of hydrogen-bond donors (Lipinski definition) is 1. The van der Waals surface area contributed by atoms with Crippen molar-refractivity contribution >= 4 is 17.3 Å². The molecule has 1 N–H and O–H groups in total. The van der Waals surface area contributed by atoms with Crippen molar-refractivity contribution in [2.24, 2.45) is 0 Å². The van der Waals surface area contributed by atoms with E-state index in [2.05, 4.69) is 12.2 Å². The van der Waals surface area contributed by atoms with E-state index in [1.165, 1.54) is 30.9 Å². The Kier molecular flexibility index (Phi) is 6.33. The maximum Gasteiger partial charge on any atom is 0.314 e. The fourth-order valence-corrected chi connectivity index (χ4v) is 2.27. The lowest BCUT2D eigenvalue weighted by Crippen LogP contribution is -2.20. The molecule has 132 valence electrons. The number of hydrogen-bond acceptors (Lipinski definition) is 5. The number of nitrogens with one attached hydrogen (secondary N) is 1. The number of carbonyl (C=O) groups is 1. The topological polar surface area (TPSA) is 90.7 Å². The van der Waals surface area contributed by atoms with Gasteiger partial charge in [-0.1, -0.05) is 25.5 Å². The highest BCUT2D eigenvalue weighted by Gasteiger charge is 2.17. The zero-order chi connectivity index (χ0) is 18.2. The largest absolute Gasteiger partial charge is 0.496 e. The third-order valence-electron chi connectivity index (χ3n) is 3.50. The van der Waals surface area contributed by atoms with Crippen LogP contribution in [0.5, 0.6) is 11.5 Å². The van der Waals surface area contributed by atoms with Crippen LogP contribution >= 0.6 is 0 Å². The lowest BCUT2D eigenvalue weighted by atomic mass is 10.1. The Bertz CT molecular complexity index is 744. The molecule has 0 unspecified atom stereocenters. The number of methoxy groups -OCH3 is 1. The predicted octanol–water partition coefficient (Wildman–Crippen LogP) is 3.57. The van der Waals surface area contributed by atoms with Crippen molar-refractivity contribution in [3.63, 3.8) is 0 Å². The highest BCUT2D eigenvalue weighted by molar-refractivity contribution is 5.91. The highest BCUT2D eigenvalue weighted by atomic mass is 16.6. The number of aryl methyl sites for hydroxylation is 1. The van der Waals surface area contributed by atoms with Crippen molar-refractivity contribution in [3.05, 3.63) is 58.1 Å². The fourth-order valence-electron chi connectivity index (χ4n) is 2.27. The van der Waals surface area contributed by atoms with E-state index in [-0.39, 0.29) is 18.0 Å². The van der Waals surface area contributed by atoms with Gasteiger partial charge in [0, 0.05) is 5.69 Å². The molecule has 0 aliphatic rings. The third-order valence-corrected chi connectivity index (χ3v) is 3.50. The number of nitro benzene ring substituents is 1. The van der Waals surface area contributed by atoms with E-state index in [0.717, 1.165) is 12.8 Å². The summed E-state index contributed by atoms with van der Waals surface area (Å²) in [6.07, 6.45) is 2.04. The molecule has 0 saturated carbocycles. The van der Waals surface area contributed by atoms with Crippen LogP contribution in [0.1, 0.15) is 18.9 Å². The number of benzene rings is 2. The zero-order valence-electron chi connectivity index (χ0n) is 14.2. The summed E-state index contributed by atoms with van der Waals surface area (Å²) in [7, 11) is 1.42. The molecule has 7 heteroatoms. The van der Waals surface area contributed by atoms with Gasteiger partial charge >= 0.3 is 5.69 Å². The van der Waals surface area contributed by atoms with Crippen LogP contribution in [0.3, 0.4) is 0 Å². The molecular weight excluding hydrogens is 324 g/mol. The average molecular weight is 344 g/mol. The maximum atomic E-state index is 12.0. The van der Waals surface area contributed by atoms with Gasteiger partial charge in [-0.2, -0.15) is 0 Å². The Hall–Kier alpha value is -3.09. The lowest BCUT2D eigenvalue weighted by molar-refractivity contribution is -0.385. The summed E-state index contributed by atoms with van der Waals surface area (Å²) in [5, 5.41) is 13.8. The van der Waals surface area contributed by atoms with Gasteiger partial charge in [0.1, 0.15) is 5.75 Å². The summed E-state index contributed by atoms with van der Waals surface area (Å²) >= 11 is 0. The average Bonchev–Trinajstić information content (AvgIpc) is 2.61. The first-order valence-corrected chi connectivity index (χ1v) is 7.87. The summed E-state index contributed by atoms with van der Waals surface area (Å²) in [5.41, 5.74) is 1.60. The van der Waals surface area contributed by atoms with Crippen LogP contribution in [0.25, 0.3) is 0 Å². The van der Waals surface area contributed by atoms with Gasteiger partial charge in [0.15, 0.2) is 12.4 Å². The molecule has 2 rings (SSSR count). The second-order valence-corrected chi connectivity index (χ2v) is 5.37. The summed E-state index contributed by atoms with van der Waals surface area (Å²) < 4.78 is 10.2. The number of amides is 1. The number of nitro groups is 1. The van der Waals surface area contributed by atoms with Crippen molar-refractivity contribution in [2.75, 3.05) is 19.0 Å². The fraction of sp³-hybridized carbons (Fsp3) is 0.278. The first-order valence-electron chi connectivity index (χ1n) is 7.87.